The molecule has 1 aromatic carbocycles. The van der Waals surface area contributed by atoms with Crippen LogP contribution in [0.1, 0.15) is 33.5 Å². The van der Waals surface area contributed by atoms with E-state index < -0.39 is 11.7 Å². The number of nitrogens with zero attached hydrogens (tertiary/aromatic N) is 3. The first-order valence-corrected chi connectivity index (χ1v) is 10.4. The average Bonchev–Trinajstić information content (AvgIpc) is 3.47. The van der Waals surface area contributed by atoms with Crippen LogP contribution in [0, 0.1) is 0 Å². The first-order chi connectivity index (χ1) is 13.6. The monoisotopic (exact) mass is 455 g/mol. The van der Waals surface area contributed by atoms with Gasteiger partial charge in [0.05, 0.1) is 28.1 Å². The van der Waals surface area contributed by atoms with Gasteiger partial charge in [-0.25, -0.2) is 0 Å². The maximum absolute atomic E-state index is 12.6. The second-order valence-corrected chi connectivity index (χ2v) is 8.43. The third-order valence-electron chi connectivity index (χ3n) is 4.89. The Morgan fingerprint density at radius 1 is 1.21 bits per heavy atom. The Kier molecular flexibility index (Phi) is 4.17. The van der Waals surface area contributed by atoms with Crippen LogP contribution in [0.4, 0.5) is 5.69 Å². The van der Waals surface area contributed by atoms with Crippen LogP contribution < -0.4 is 4.90 Å². The Morgan fingerprint density at radius 3 is 2.86 bits per heavy atom. The molecule has 0 saturated heterocycles. The van der Waals surface area contributed by atoms with E-state index in [1.807, 2.05) is 40.7 Å². The van der Waals surface area contributed by atoms with E-state index in [0.29, 0.717) is 17.7 Å². The molecule has 2 aliphatic heterocycles. The molecule has 2 aliphatic rings. The summed E-state index contributed by atoms with van der Waals surface area (Å²) in [5.41, 5.74) is 1.97. The molecule has 6 nitrogen and oxygen atoms in total. The Bertz CT molecular complexity index is 1090. The molecule has 1 amide bonds. The Labute approximate surface area is 173 Å². The van der Waals surface area contributed by atoms with Gasteiger partial charge in [0, 0.05) is 10.9 Å². The quantitative estimate of drug-likeness (QED) is 0.545. The van der Waals surface area contributed by atoms with Crippen molar-refractivity contribution in [2.75, 3.05) is 11.6 Å². The van der Waals surface area contributed by atoms with E-state index in [-0.39, 0.29) is 12.7 Å². The van der Waals surface area contributed by atoms with Crippen molar-refractivity contribution in [1.29, 1.82) is 0 Å². The van der Waals surface area contributed by atoms with Crippen LogP contribution in [-0.4, -0.2) is 29.1 Å². The number of furan rings is 1. The van der Waals surface area contributed by atoms with Crippen molar-refractivity contribution in [3.05, 3.63) is 74.8 Å². The standard InChI is InChI=1S/C20H14BrN3O3S/c21-12-5-6-15-13(9-12)19(25)20(26)23(15)11-24-16(17-3-1-7-27-17)10-14(22-24)18-4-2-8-28-18/h1-9,16H,10-11H2/t16-/m1/s1. The number of carbonyl (C=O) groups excluding carboxylic acids is 2. The number of thiophene rings is 1. The highest BCUT2D eigenvalue weighted by Gasteiger charge is 2.40. The third-order valence-corrected chi connectivity index (χ3v) is 6.30. The van der Waals surface area contributed by atoms with Crippen LogP contribution in [0.25, 0.3) is 0 Å². The largest absolute Gasteiger partial charge is 0.467 e. The summed E-state index contributed by atoms with van der Waals surface area (Å²) in [5, 5.41) is 8.61. The summed E-state index contributed by atoms with van der Waals surface area (Å²) in [7, 11) is 0. The number of amides is 1. The molecule has 140 valence electrons. The van der Waals surface area contributed by atoms with Gasteiger partial charge in [0.1, 0.15) is 18.5 Å². The van der Waals surface area contributed by atoms with E-state index >= 15 is 0 Å². The molecule has 0 fully saturated rings. The summed E-state index contributed by atoms with van der Waals surface area (Å²) in [5.74, 6) is -0.247. The van der Waals surface area contributed by atoms with Gasteiger partial charge >= 0.3 is 5.91 Å². The smallest absolute Gasteiger partial charge is 0.301 e. The number of anilines is 1. The number of hydrogen-bond acceptors (Lipinski definition) is 6. The first-order valence-electron chi connectivity index (χ1n) is 8.69. The van der Waals surface area contributed by atoms with Gasteiger partial charge in [0.15, 0.2) is 0 Å². The predicted molar refractivity (Wildman–Crippen MR) is 110 cm³/mol. The summed E-state index contributed by atoms with van der Waals surface area (Å²) in [6, 6.07) is 12.9. The van der Waals surface area contributed by atoms with Gasteiger partial charge < -0.3 is 4.42 Å². The van der Waals surface area contributed by atoms with E-state index in [1.165, 1.54) is 4.90 Å². The highest BCUT2D eigenvalue weighted by Crippen LogP contribution is 2.37. The Hall–Kier alpha value is -2.71. The summed E-state index contributed by atoms with van der Waals surface area (Å²) in [6.07, 6.45) is 2.31. The van der Waals surface area contributed by atoms with Crippen molar-refractivity contribution in [1.82, 2.24) is 5.01 Å². The Balaban J connectivity index is 1.50. The number of benzene rings is 1. The molecule has 8 heteroatoms. The summed E-state index contributed by atoms with van der Waals surface area (Å²) in [6.45, 7) is 0.180. The number of hydrogen-bond donors (Lipinski definition) is 0. The first kappa shape index (κ1) is 17.4. The van der Waals surface area contributed by atoms with Crippen LogP contribution in [0.2, 0.25) is 0 Å². The average molecular weight is 456 g/mol. The summed E-state index contributed by atoms with van der Waals surface area (Å²) in [4.78, 5) is 27.6. The molecule has 4 heterocycles. The molecule has 0 unspecified atom stereocenters. The second-order valence-electron chi connectivity index (χ2n) is 6.56. The maximum atomic E-state index is 12.6. The fourth-order valence-electron chi connectivity index (χ4n) is 3.56. The molecule has 0 N–H and O–H groups in total. The van der Waals surface area contributed by atoms with Crippen LogP contribution in [0.3, 0.4) is 0 Å². The molecule has 0 saturated carbocycles. The van der Waals surface area contributed by atoms with Gasteiger partial charge in [0.2, 0.25) is 0 Å². The molecular weight excluding hydrogens is 442 g/mol. The topological polar surface area (TPSA) is 66.1 Å². The highest BCUT2D eigenvalue weighted by atomic mass is 79.9. The van der Waals surface area contributed by atoms with Gasteiger partial charge in [-0.1, -0.05) is 22.0 Å². The summed E-state index contributed by atoms with van der Waals surface area (Å²) >= 11 is 4.99. The molecule has 5 rings (SSSR count). The zero-order chi connectivity index (χ0) is 19.3. The molecule has 2 aromatic heterocycles. The SMILES string of the molecule is O=C1C(=O)N(CN2N=C(c3cccs3)C[C@@H]2c2ccco2)c2ccc(Br)cc21. The predicted octanol–water partition coefficient (Wildman–Crippen LogP) is 4.44. The van der Waals surface area contributed by atoms with Crippen molar-refractivity contribution in [3.63, 3.8) is 0 Å². The van der Waals surface area contributed by atoms with Gasteiger partial charge in [0.25, 0.3) is 5.78 Å². The fraction of sp³-hybridized carbons (Fsp3) is 0.150. The lowest BCUT2D eigenvalue weighted by Crippen LogP contribution is -2.39. The molecule has 28 heavy (non-hydrogen) atoms. The van der Waals surface area contributed by atoms with Crippen molar-refractivity contribution in [2.24, 2.45) is 5.10 Å². The lowest BCUT2D eigenvalue weighted by Gasteiger charge is -2.27. The second kappa shape index (κ2) is 6.72. The van der Waals surface area contributed by atoms with Crippen LogP contribution in [0.5, 0.6) is 0 Å². The van der Waals surface area contributed by atoms with E-state index in [2.05, 4.69) is 15.9 Å². The zero-order valence-corrected chi connectivity index (χ0v) is 16.9. The molecule has 0 aliphatic carbocycles. The lowest BCUT2D eigenvalue weighted by molar-refractivity contribution is -0.114. The number of ketones is 1. The van der Waals surface area contributed by atoms with Gasteiger partial charge in [-0.05, 0) is 41.8 Å². The number of halogens is 1. The van der Waals surface area contributed by atoms with Gasteiger partial charge in [-0.15, -0.1) is 11.3 Å². The van der Waals surface area contributed by atoms with Crippen LogP contribution in [0.15, 0.2) is 68.1 Å². The molecule has 0 bridgehead atoms. The van der Waals surface area contributed by atoms with E-state index in [4.69, 9.17) is 9.52 Å². The lowest BCUT2D eigenvalue weighted by atomic mass is 10.1. The Morgan fingerprint density at radius 2 is 2.11 bits per heavy atom. The van der Waals surface area contributed by atoms with Crippen molar-refractivity contribution in [3.8, 4) is 0 Å². The molecular formula is C20H14BrN3O3S. The normalized spacial score (nSPS) is 18.8. The van der Waals surface area contributed by atoms with E-state index in [1.54, 1.807) is 29.7 Å². The minimum atomic E-state index is -0.536. The van der Waals surface area contributed by atoms with Crippen LogP contribution >= 0.6 is 27.3 Å². The third kappa shape index (κ3) is 2.80. The number of rotatable bonds is 4. The minimum absolute atomic E-state index is 0.130. The fourth-order valence-corrected chi connectivity index (χ4v) is 4.65. The summed E-state index contributed by atoms with van der Waals surface area (Å²) < 4.78 is 6.39. The molecule has 1 atom stereocenters. The number of Topliss-reactive ketones (excluding diaryl/α,β-unsaturated/α-hetero) is 1. The van der Waals surface area contributed by atoms with Gasteiger partial charge in [-0.3, -0.25) is 19.5 Å². The van der Waals surface area contributed by atoms with E-state index in [9.17, 15) is 9.59 Å². The number of carbonyl (C=O) groups is 2. The molecule has 0 spiro atoms. The van der Waals surface area contributed by atoms with Crippen molar-refractivity contribution < 1.29 is 14.0 Å². The maximum Gasteiger partial charge on any atom is 0.301 e. The van der Waals surface area contributed by atoms with Crippen LogP contribution in [-0.2, 0) is 4.79 Å². The highest BCUT2D eigenvalue weighted by molar-refractivity contribution is 9.10. The van der Waals surface area contributed by atoms with Crippen molar-refractivity contribution in [2.45, 2.75) is 12.5 Å². The number of hydrazone groups is 1. The van der Waals surface area contributed by atoms with Crippen molar-refractivity contribution >= 4 is 50.4 Å². The minimum Gasteiger partial charge on any atom is -0.467 e. The number of fused-ring (bicyclic) bond motifs is 1. The molecule has 3 aromatic rings. The van der Waals surface area contributed by atoms with Gasteiger partial charge in [-0.2, -0.15) is 5.10 Å². The van der Waals surface area contributed by atoms with E-state index in [0.717, 1.165) is 20.8 Å². The molecule has 0 radical (unpaired) electrons. The zero-order valence-electron chi connectivity index (χ0n) is 14.5.